The third kappa shape index (κ3) is 2.19. The van der Waals surface area contributed by atoms with Crippen LogP contribution in [0.25, 0.3) is 0 Å². The van der Waals surface area contributed by atoms with Gasteiger partial charge in [-0.25, -0.2) is 4.98 Å². The van der Waals surface area contributed by atoms with Crippen LogP contribution in [-0.2, 0) is 11.2 Å². The van der Waals surface area contributed by atoms with E-state index >= 15 is 0 Å². The molecule has 1 N–H and O–H groups in total. The average molecular weight is 168 g/mol. The van der Waals surface area contributed by atoms with E-state index in [1.165, 1.54) is 13.3 Å². The lowest BCUT2D eigenvalue weighted by molar-refractivity contribution is -0.136. The summed E-state index contributed by atoms with van der Waals surface area (Å²) in [5.41, 5.74) is 0. The zero-order valence-electron chi connectivity index (χ0n) is 6.52. The Morgan fingerprint density at radius 1 is 1.75 bits per heavy atom. The molecule has 0 radical (unpaired) electrons. The molecule has 12 heavy (non-hydrogen) atoms. The summed E-state index contributed by atoms with van der Waals surface area (Å²) >= 11 is 0. The van der Waals surface area contributed by atoms with Crippen molar-refractivity contribution in [2.24, 2.45) is 0 Å². The maximum absolute atomic E-state index is 10.2. The summed E-state index contributed by atoms with van der Waals surface area (Å²) in [5, 5.41) is 8.41. The standard InChI is InChI=1S/C7H8N2O3/c1-12-6-2-3-8-5(9-6)4-7(10)11/h2-3H,4H2,1H3,(H,10,11). The van der Waals surface area contributed by atoms with Crippen molar-refractivity contribution in [1.82, 2.24) is 9.97 Å². The molecule has 1 aromatic rings. The molecule has 0 aliphatic rings. The molecule has 0 fully saturated rings. The van der Waals surface area contributed by atoms with E-state index in [0.717, 1.165) is 0 Å². The fourth-order valence-electron chi connectivity index (χ4n) is 0.715. The Hall–Kier alpha value is -1.65. The number of rotatable bonds is 3. The van der Waals surface area contributed by atoms with Gasteiger partial charge in [0.05, 0.1) is 7.11 Å². The molecular formula is C7H8N2O3. The molecule has 64 valence electrons. The molecule has 5 nitrogen and oxygen atoms in total. The molecule has 0 spiro atoms. The second-order valence-electron chi connectivity index (χ2n) is 2.09. The molecule has 0 atom stereocenters. The molecule has 0 aromatic carbocycles. The van der Waals surface area contributed by atoms with Crippen LogP contribution in [0.1, 0.15) is 5.82 Å². The molecule has 5 heteroatoms. The molecule has 0 saturated carbocycles. The molecule has 0 unspecified atom stereocenters. The molecule has 0 aliphatic carbocycles. The van der Waals surface area contributed by atoms with Gasteiger partial charge in [-0.3, -0.25) is 4.79 Å². The zero-order valence-corrected chi connectivity index (χ0v) is 6.52. The highest BCUT2D eigenvalue weighted by atomic mass is 16.5. The van der Waals surface area contributed by atoms with Crippen molar-refractivity contribution >= 4 is 5.97 Å². The average Bonchev–Trinajstić information content (AvgIpc) is 2.03. The molecule has 0 saturated heterocycles. The van der Waals surface area contributed by atoms with Crippen LogP contribution < -0.4 is 4.74 Å². The number of carboxylic acid groups (broad SMARTS) is 1. The summed E-state index contributed by atoms with van der Waals surface area (Å²) in [7, 11) is 1.47. The van der Waals surface area contributed by atoms with Gasteiger partial charge in [0.1, 0.15) is 12.2 Å². The van der Waals surface area contributed by atoms with Crippen LogP contribution >= 0.6 is 0 Å². The molecule has 0 amide bonds. The Balaban J connectivity index is 2.79. The highest BCUT2D eigenvalue weighted by molar-refractivity contribution is 5.68. The van der Waals surface area contributed by atoms with E-state index in [9.17, 15) is 4.79 Å². The van der Waals surface area contributed by atoms with Crippen LogP contribution in [-0.4, -0.2) is 28.2 Å². The van der Waals surface area contributed by atoms with Crippen molar-refractivity contribution in [2.75, 3.05) is 7.11 Å². The van der Waals surface area contributed by atoms with Gasteiger partial charge < -0.3 is 9.84 Å². The lowest BCUT2D eigenvalue weighted by atomic mass is 10.4. The number of hydrogen-bond donors (Lipinski definition) is 1. The van der Waals surface area contributed by atoms with E-state index in [2.05, 4.69) is 9.97 Å². The minimum Gasteiger partial charge on any atom is -0.481 e. The van der Waals surface area contributed by atoms with Gasteiger partial charge in [0.2, 0.25) is 5.88 Å². The second kappa shape index (κ2) is 3.66. The topological polar surface area (TPSA) is 72.3 Å². The second-order valence-corrected chi connectivity index (χ2v) is 2.09. The monoisotopic (exact) mass is 168 g/mol. The first kappa shape index (κ1) is 8.45. The summed E-state index contributed by atoms with van der Waals surface area (Å²) < 4.78 is 4.79. The number of ether oxygens (including phenoxy) is 1. The van der Waals surface area contributed by atoms with Crippen LogP contribution in [0.5, 0.6) is 5.88 Å². The quantitative estimate of drug-likeness (QED) is 0.693. The predicted molar refractivity (Wildman–Crippen MR) is 39.9 cm³/mol. The fraction of sp³-hybridized carbons (Fsp3) is 0.286. The number of nitrogens with zero attached hydrogens (tertiary/aromatic N) is 2. The lowest BCUT2D eigenvalue weighted by Crippen LogP contribution is -2.05. The van der Waals surface area contributed by atoms with Gasteiger partial charge >= 0.3 is 5.97 Å². The van der Waals surface area contributed by atoms with Gasteiger partial charge in [0, 0.05) is 12.3 Å². The molecule has 0 aliphatic heterocycles. The summed E-state index contributed by atoms with van der Waals surface area (Å²) in [6.45, 7) is 0. The number of methoxy groups -OCH3 is 1. The molecule has 1 aromatic heterocycles. The van der Waals surface area contributed by atoms with Crippen molar-refractivity contribution in [2.45, 2.75) is 6.42 Å². The minimum absolute atomic E-state index is 0.183. The van der Waals surface area contributed by atoms with E-state index in [4.69, 9.17) is 9.84 Å². The first-order chi connectivity index (χ1) is 5.72. The Labute approximate surface area is 69.0 Å². The number of aliphatic carboxylic acids is 1. The smallest absolute Gasteiger partial charge is 0.311 e. The van der Waals surface area contributed by atoms with E-state index in [1.807, 2.05) is 0 Å². The molecule has 1 heterocycles. The van der Waals surface area contributed by atoms with Crippen LogP contribution in [0.3, 0.4) is 0 Å². The van der Waals surface area contributed by atoms with Gasteiger partial charge in [-0.2, -0.15) is 4.98 Å². The SMILES string of the molecule is COc1ccnc(CC(=O)O)n1. The normalized spacial score (nSPS) is 9.42. The highest BCUT2D eigenvalue weighted by Crippen LogP contribution is 2.03. The third-order valence-electron chi connectivity index (χ3n) is 1.20. The summed E-state index contributed by atoms with van der Waals surface area (Å²) in [6, 6.07) is 1.56. The van der Waals surface area contributed by atoms with Crippen LogP contribution in [0.15, 0.2) is 12.3 Å². The van der Waals surface area contributed by atoms with Crippen molar-refractivity contribution in [3.8, 4) is 5.88 Å². The largest absolute Gasteiger partial charge is 0.481 e. The van der Waals surface area contributed by atoms with E-state index in [0.29, 0.717) is 5.88 Å². The Kier molecular flexibility index (Phi) is 2.57. The number of carboxylic acids is 1. The lowest BCUT2D eigenvalue weighted by Gasteiger charge is -1.98. The van der Waals surface area contributed by atoms with Gasteiger partial charge in [-0.15, -0.1) is 0 Å². The van der Waals surface area contributed by atoms with Crippen molar-refractivity contribution in [3.63, 3.8) is 0 Å². The van der Waals surface area contributed by atoms with Crippen LogP contribution in [0, 0.1) is 0 Å². The summed E-state index contributed by atoms with van der Waals surface area (Å²) in [4.78, 5) is 17.8. The van der Waals surface area contributed by atoms with Gasteiger partial charge in [-0.05, 0) is 0 Å². The summed E-state index contributed by atoms with van der Waals surface area (Å²) in [5.74, 6) is -0.327. The summed E-state index contributed by atoms with van der Waals surface area (Å²) in [6.07, 6.45) is 1.28. The van der Waals surface area contributed by atoms with Gasteiger partial charge in [0.15, 0.2) is 0 Å². The van der Waals surface area contributed by atoms with E-state index < -0.39 is 5.97 Å². The number of aromatic nitrogens is 2. The highest BCUT2D eigenvalue weighted by Gasteiger charge is 2.03. The zero-order chi connectivity index (χ0) is 8.97. The fourth-order valence-corrected chi connectivity index (χ4v) is 0.715. The predicted octanol–water partition coefficient (Wildman–Crippen LogP) is 0.112. The molecule has 1 rings (SSSR count). The molecule has 0 bridgehead atoms. The van der Waals surface area contributed by atoms with Crippen LogP contribution in [0.2, 0.25) is 0 Å². The number of hydrogen-bond acceptors (Lipinski definition) is 4. The van der Waals surface area contributed by atoms with Gasteiger partial charge in [-0.1, -0.05) is 0 Å². The maximum Gasteiger partial charge on any atom is 0.311 e. The van der Waals surface area contributed by atoms with Crippen molar-refractivity contribution < 1.29 is 14.6 Å². The van der Waals surface area contributed by atoms with Crippen molar-refractivity contribution in [1.29, 1.82) is 0 Å². The minimum atomic E-state index is -0.955. The Bertz CT molecular complexity index is 288. The van der Waals surface area contributed by atoms with Crippen molar-refractivity contribution in [3.05, 3.63) is 18.1 Å². The molecular weight excluding hydrogens is 160 g/mol. The van der Waals surface area contributed by atoms with Gasteiger partial charge in [0.25, 0.3) is 0 Å². The Morgan fingerprint density at radius 3 is 3.08 bits per heavy atom. The van der Waals surface area contributed by atoms with E-state index in [-0.39, 0.29) is 12.2 Å². The Morgan fingerprint density at radius 2 is 2.50 bits per heavy atom. The van der Waals surface area contributed by atoms with Crippen LogP contribution in [0.4, 0.5) is 0 Å². The first-order valence-corrected chi connectivity index (χ1v) is 3.30. The van der Waals surface area contributed by atoms with E-state index in [1.54, 1.807) is 6.07 Å². The number of carbonyl (C=O) groups is 1. The third-order valence-corrected chi connectivity index (χ3v) is 1.20. The maximum atomic E-state index is 10.2. The first-order valence-electron chi connectivity index (χ1n) is 3.30.